The summed E-state index contributed by atoms with van der Waals surface area (Å²) in [6.07, 6.45) is 0. The zero-order valence-electron chi connectivity index (χ0n) is 9.57. The summed E-state index contributed by atoms with van der Waals surface area (Å²) in [4.78, 5) is 2.32. The number of hydrogen-bond acceptors (Lipinski definition) is 2. The van der Waals surface area contributed by atoms with E-state index in [0.717, 1.165) is 22.0 Å². The molecule has 0 saturated carbocycles. The van der Waals surface area contributed by atoms with Crippen LogP contribution in [0.3, 0.4) is 0 Å². The van der Waals surface area contributed by atoms with Gasteiger partial charge >= 0.3 is 0 Å². The predicted octanol–water partition coefficient (Wildman–Crippen LogP) is 4.98. The molecule has 84 valence electrons. The molecule has 0 amide bonds. The summed E-state index contributed by atoms with van der Waals surface area (Å²) in [6, 6.07) is 14.3. The van der Waals surface area contributed by atoms with Gasteiger partial charge in [0.05, 0.1) is 9.79 Å². The maximum absolute atomic E-state index is 5.86. The highest BCUT2D eigenvalue weighted by atomic mass is 32.2. The van der Waals surface area contributed by atoms with Gasteiger partial charge in [0.25, 0.3) is 0 Å². The van der Waals surface area contributed by atoms with E-state index >= 15 is 0 Å². The Morgan fingerprint density at radius 2 is 1.82 bits per heavy atom. The average molecular weight is 240 g/mol. The highest BCUT2D eigenvalue weighted by Crippen LogP contribution is 2.47. The number of hydrogen-bond donors (Lipinski definition) is 0. The monoisotopic (exact) mass is 240 g/mol. The van der Waals surface area contributed by atoms with Crippen LogP contribution in [0.5, 0.6) is 11.5 Å². The Hall–Kier alpha value is -1.67. The highest BCUT2D eigenvalue weighted by Gasteiger charge is 2.17. The molecule has 0 aliphatic carbocycles. The lowest BCUT2D eigenvalue weighted by molar-refractivity contribution is 0.454. The molecular weight excluding hydrogens is 228 g/mol. The molecule has 17 heavy (non-hydrogen) atoms. The molecule has 1 nitrogen and oxygen atoms in total. The lowest BCUT2D eigenvalue weighted by atomic mass is 10.1. The van der Waals surface area contributed by atoms with E-state index in [9.17, 15) is 0 Å². The van der Waals surface area contributed by atoms with Crippen LogP contribution < -0.4 is 4.74 Å². The standard InChI is InChI=1S/C15H12OS/c1-10(2)11-7-8-13-15(9-11)17-14-6-4-3-5-12(14)16-13/h3-9H,1H2,2H3. The molecule has 2 heteroatoms. The van der Waals surface area contributed by atoms with Crippen molar-refractivity contribution in [3.63, 3.8) is 0 Å². The van der Waals surface area contributed by atoms with Gasteiger partial charge in [-0.15, -0.1) is 0 Å². The Morgan fingerprint density at radius 3 is 2.65 bits per heavy atom. The van der Waals surface area contributed by atoms with Gasteiger partial charge in [0, 0.05) is 0 Å². The molecule has 2 aromatic rings. The summed E-state index contributed by atoms with van der Waals surface area (Å²) < 4.78 is 5.86. The van der Waals surface area contributed by atoms with E-state index in [1.54, 1.807) is 11.8 Å². The molecule has 0 unspecified atom stereocenters. The van der Waals surface area contributed by atoms with Crippen molar-refractivity contribution in [3.8, 4) is 11.5 Å². The maximum Gasteiger partial charge on any atom is 0.141 e. The van der Waals surface area contributed by atoms with E-state index in [0.29, 0.717) is 0 Å². The van der Waals surface area contributed by atoms with Crippen molar-refractivity contribution in [3.05, 3.63) is 54.6 Å². The largest absolute Gasteiger partial charge is 0.455 e. The molecule has 3 rings (SSSR count). The van der Waals surface area contributed by atoms with Crippen molar-refractivity contribution in [2.45, 2.75) is 16.7 Å². The van der Waals surface area contributed by atoms with Crippen LogP contribution in [0.15, 0.2) is 58.8 Å². The zero-order chi connectivity index (χ0) is 11.8. The fraction of sp³-hybridized carbons (Fsp3) is 0.0667. The number of fused-ring (bicyclic) bond motifs is 2. The summed E-state index contributed by atoms with van der Waals surface area (Å²) in [5.74, 6) is 1.87. The number of allylic oxidation sites excluding steroid dienone is 1. The van der Waals surface area contributed by atoms with Crippen LogP contribution in [0.1, 0.15) is 12.5 Å². The molecule has 1 aliphatic rings. The summed E-state index contributed by atoms with van der Waals surface area (Å²) in [6.45, 7) is 5.99. The lowest BCUT2D eigenvalue weighted by Gasteiger charge is -2.19. The van der Waals surface area contributed by atoms with Crippen molar-refractivity contribution in [1.82, 2.24) is 0 Å². The van der Waals surface area contributed by atoms with E-state index in [4.69, 9.17) is 4.74 Å². The fourth-order valence-corrected chi connectivity index (χ4v) is 2.78. The van der Waals surface area contributed by atoms with Crippen LogP contribution in [0, 0.1) is 0 Å². The summed E-state index contributed by atoms with van der Waals surface area (Å²) >= 11 is 1.75. The van der Waals surface area contributed by atoms with Gasteiger partial charge in [-0.05, 0) is 36.8 Å². The van der Waals surface area contributed by atoms with Crippen LogP contribution in [-0.2, 0) is 0 Å². The normalized spacial score (nSPS) is 12.3. The third-order valence-corrected chi connectivity index (χ3v) is 3.82. The highest BCUT2D eigenvalue weighted by molar-refractivity contribution is 7.99. The van der Waals surface area contributed by atoms with E-state index in [2.05, 4.69) is 24.8 Å². The smallest absolute Gasteiger partial charge is 0.141 e. The number of ether oxygens (including phenoxy) is 1. The van der Waals surface area contributed by atoms with Crippen molar-refractivity contribution < 1.29 is 4.74 Å². The van der Waals surface area contributed by atoms with Gasteiger partial charge in [0.1, 0.15) is 11.5 Å². The van der Waals surface area contributed by atoms with Gasteiger partial charge in [0.2, 0.25) is 0 Å². The number of para-hydroxylation sites is 1. The first kappa shape index (κ1) is 10.5. The molecule has 1 aliphatic heterocycles. The quantitative estimate of drug-likeness (QED) is 0.593. The first-order chi connectivity index (χ1) is 8.24. The number of rotatable bonds is 1. The minimum atomic E-state index is 0.929. The summed E-state index contributed by atoms with van der Waals surface area (Å²) in [7, 11) is 0. The van der Waals surface area contributed by atoms with Crippen molar-refractivity contribution in [2.75, 3.05) is 0 Å². The minimum absolute atomic E-state index is 0.929. The Balaban J connectivity index is 2.06. The molecule has 0 bridgehead atoms. The van der Waals surface area contributed by atoms with Gasteiger partial charge in [0.15, 0.2) is 0 Å². The Kier molecular flexibility index (Phi) is 2.45. The minimum Gasteiger partial charge on any atom is -0.455 e. The van der Waals surface area contributed by atoms with Crippen LogP contribution in [0.2, 0.25) is 0 Å². The van der Waals surface area contributed by atoms with Crippen LogP contribution in [-0.4, -0.2) is 0 Å². The van der Waals surface area contributed by atoms with Gasteiger partial charge in [-0.2, -0.15) is 0 Å². The maximum atomic E-state index is 5.86. The third kappa shape index (κ3) is 1.85. The molecule has 1 heterocycles. The van der Waals surface area contributed by atoms with Gasteiger partial charge in [-0.3, -0.25) is 0 Å². The molecule has 0 aromatic heterocycles. The average Bonchev–Trinajstić information content (AvgIpc) is 2.35. The molecule has 0 atom stereocenters. The second kappa shape index (κ2) is 3.97. The van der Waals surface area contributed by atoms with Gasteiger partial charge in [-0.1, -0.05) is 42.1 Å². The van der Waals surface area contributed by atoms with Crippen LogP contribution in [0.25, 0.3) is 5.57 Å². The molecular formula is C15H12OS. The molecule has 0 radical (unpaired) electrons. The Morgan fingerprint density at radius 1 is 1.06 bits per heavy atom. The SMILES string of the molecule is C=C(C)c1ccc2c(c1)Sc1ccccc1O2. The van der Waals surface area contributed by atoms with Gasteiger partial charge < -0.3 is 4.74 Å². The number of benzene rings is 2. The molecule has 0 fully saturated rings. The Bertz CT molecular complexity index is 602. The van der Waals surface area contributed by atoms with Crippen molar-refractivity contribution in [2.24, 2.45) is 0 Å². The van der Waals surface area contributed by atoms with Crippen LogP contribution in [0.4, 0.5) is 0 Å². The van der Waals surface area contributed by atoms with E-state index in [1.165, 1.54) is 10.5 Å². The second-order valence-corrected chi connectivity index (χ2v) is 5.18. The molecule has 0 spiro atoms. The van der Waals surface area contributed by atoms with Crippen molar-refractivity contribution in [1.29, 1.82) is 0 Å². The summed E-state index contributed by atoms with van der Waals surface area (Å²) in [5, 5.41) is 0. The third-order valence-electron chi connectivity index (χ3n) is 2.73. The first-order valence-corrected chi connectivity index (χ1v) is 6.30. The Labute approximate surface area is 105 Å². The molecule has 0 N–H and O–H groups in total. The predicted molar refractivity (Wildman–Crippen MR) is 71.8 cm³/mol. The van der Waals surface area contributed by atoms with E-state index < -0.39 is 0 Å². The van der Waals surface area contributed by atoms with Crippen molar-refractivity contribution >= 4 is 17.3 Å². The van der Waals surface area contributed by atoms with Crippen LogP contribution >= 0.6 is 11.8 Å². The summed E-state index contributed by atoms with van der Waals surface area (Å²) in [5.41, 5.74) is 2.24. The van der Waals surface area contributed by atoms with E-state index in [-0.39, 0.29) is 0 Å². The zero-order valence-corrected chi connectivity index (χ0v) is 10.4. The fourth-order valence-electron chi connectivity index (χ4n) is 1.79. The van der Waals surface area contributed by atoms with Gasteiger partial charge in [-0.25, -0.2) is 0 Å². The topological polar surface area (TPSA) is 9.23 Å². The molecule has 2 aromatic carbocycles. The first-order valence-electron chi connectivity index (χ1n) is 5.49. The lowest BCUT2D eigenvalue weighted by Crippen LogP contribution is -1.95. The molecule has 0 saturated heterocycles. The second-order valence-electron chi connectivity index (χ2n) is 4.09. The van der Waals surface area contributed by atoms with E-state index in [1.807, 2.05) is 31.2 Å².